The summed E-state index contributed by atoms with van der Waals surface area (Å²) in [6.45, 7) is 2.56. The van der Waals surface area contributed by atoms with E-state index in [2.05, 4.69) is 17.0 Å². The maximum absolute atomic E-state index is 13.2. The minimum Gasteiger partial charge on any atom is -0.497 e. The van der Waals surface area contributed by atoms with Gasteiger partial charge in [0.2, 0.25) is 0 Å². The van der Waals surface area contributed by atoms with Gasteiger partial charge in [0, 0.05) is 5.56 Å². The molecule has 0 saturated carbocycles. The zero-order valence-electron chi connectivity index (χ0n) is 16.2. The van der Waals surface area contributed by atoms with Crippen LogP contribution in [0, 0.1) is 0 Å². The molecule has 3 rings (SSSR count). The molecule has 146 valence electrons. The molecule has 0 spiro atoms. The molecule has 0 N–H and O–H groups in total. The average Bonchev–Trinajstić information content (AvgIpc) is 3.17. The third-order valence-electron chi connectivity index (χ3n) is 4.19. The van der Waals surface area contributed by atoms with Crippen LogP contribution in [0.2, 0.25) is 0 Å². The quantitative estimate of drug-likeness (QED) is 0.552. The van der Waals surface area contributed by atoms with E-state index in [1.807, 2.05) is 12.1 Å². The number of aromatic nitrogens is 3. The largest absolute Gasteiger partial charge is 0.497 e. The Kier molecular flexibility index (Phi) is 6.26. The highest BCUT2D eigenvalue weighted by Gasteiger charge is 2.22. The Morgan fingerprint density at radius 3 is 2.46 bits per heavy atom. The van der Waals surface area contributed by atoms with Crippen molar-refractivity contribution < 1.29 is 19.0 Å². The Hall–Kier alpha value is -3.35. The van der Waals surface area contributed by atoms with Gasteiger partial charge in [-0.25, -0.2) is 0 Å². The van der Waals surface area contributed by atoms with Crippen molar-refractivity contribution in [3.05, 3.63) is 54.1 Å². The summed E-state index contributed by atoms with van der Waals surface area (Å²) in [5.74, 6) is 1.23. The first-order valence-electron chi connectivity index (χ1n) is 9.10. The number of nitrogens with zero attached hydrogens (tertiary/aromatic N) is 3. The van der Waals surface area contributed by atoms with Gasteiger partial charge in [-0.3, -0.25) is 4.79 Å². The van der Waals surface area contributed by atoms with Crippen LogP contribution < -0.4 is 14.2 Å². The number of hydrogen-bond acceptors (Lipinski definition) is 6. The number of methoxy groups -OCH3 is 2. The van der Waals surface area contributed by atoms with Crippen LogP contribution in [0.4, 0.5) is 0 Å². The van der Waals surface area contributed by atoms with Crippen molar-refractivity contribution in [3.63, 3.8) is 0 Å². The number of unbranched alkanes of at least 4 members (excludes halogenated alkanes) is 1. The van der Waals surface area contributed by atoms with Crippen molar-refractivity contribution in [2.45, 2.75) is 19.8 Å². The maximum Gasteiger partial charge on any atom is 0.336 e. The van der Waals surface area contributed by atoms with E-state index in [1.54, 1.807) is 43.5 Å². The summed E-state index contributed by atoms with van der Waals surface area (Å²) < 4.78 is 17.4. The second-order valence-corrected chi connectivity index (χ2v) is 6.07. The SMILES string of the molecule is CCCCOc1nc(-c2ccc(OC)cc2)n(C(=O)c2ccccc2OC)n1. The van der Waals surface area contributed by atoms with Crippen molar-refractivity contribution >= 4 is 5.91 Å². The normalized spacial score (nSPS) is 10.5. The summed E-state index contributed by atoms with van der Waals surface area (Å²) in [6.07, 6.45) is 1.87. The number of carbonyl (C=O) groups is 1. The number of ether oxygens (including phenoxy) is 3. The molecule has 7 heteroatoms. The van der Waals surface area contributed by atoms with E-state index in [9.17, 15) is 4.79 Å². The Morgan fingerprint density at radius 2 is 1.79 bits per heavy atom. The monoisotopic (exact) mass is 381 g/mol. The Balaban J connectivity index is 2.03. The Bertz CT molecular complexity index is 935. The summed E-state index contributed by atoms with van der Waals surface area (Å²) in [6, 6.07) is 14.4. The van der Waals surface area contributed by atoms with E-state index in [-0.39, 0.29) is 11.9 Å². The van der Waals surface area contributed by atoms with Crippen molar-refractivity contribution in [3.8, 4) is 28.9 Å². The number of para-hydroxylation sites is 1. The van der Waals surface area contributed by atoms with Crippen LogP contribution in [-0.4, -0.2) is 41.5 Å². The first-order valence-corrected chi connectivity index (χ1v) is 9.10. The standard InChI is InChI=1S/C21H23N3O4/c1-4-5-14-28-21-22-19(15-10-12-16(26-2)13-11-15)24(23-21)20(25)17-8-6-7-9-18(17)27-3/h6-13H,4-5,14H2,1-3H3. The van der Waals surface area contributed by atoms with E-state index < -0.39 is 0 Å². The highest BCUT2D eigenvalue weighted by Crippen LogP contribution is 2.26. The van der Waals surface area contributed by atoms with Crippen molar-refractivity contribution in [1.82, 2.24) is 14.8 Å². The summed E-state index contributed by atoms with van der Waals surface area (Å²) >= 11 is 0. The molecule has 2 aromatic carbocycles. The highest BCUT2D eigenvalue weighted by molar-refractivity contribution is 5.99. The molecule has 0 radical (unpaired) electrons. The van der Waals surface area contributed by atoms with E-state index in [4.69, 9.17) is 14.2 Å². The van der Waals surface area contributed by atoms with Gasteiger partial charge < -0.3 is 14.2 Å². The molecule has 1 aromatic heterocycles. The molecule has 0 aliphatic rings. The fraction of sp³-hybridized carbons (Fsp3) is 0.286. The molecule has 0 unspecified atom stereocenters. The number of rotatable bonds is 8. The van der Waals surface area contributed by atoms with E-state index in [1.165, 1.54) is 11.8 Å². The maximum atomic E-state index is 13.2. The minimum atomic E-state index is -0.346. The lowest BCUT2D eigenvalue weighted by atomic mass is 10.1. The minimum absolute atomic E-state index is 0.169. The molecular weight excluding hydrogens is 358 g/mol. The molecule has 0 bridgehead atoms. The van der Waals surface area contributed by atoms with Crippen LogP contribution in [-0.2, 0) is 0 Å². The zero-order valence-corrected chi connectivity index (χ0v) is 16.2. The molecular formula is C21H23N3O4. The third kappa shape index (κ3) is 4.14. The molecule has 0 atom stereocenters. The molecule has 0 fully saturated rings. The smallest absolute Gasteiger partial charge is 0.336 e. The van der Waals surface area contributed by atoms with Crippen LogP contribution in [0.15, 0.2) is 48.5 Å². The molecule has 3 aromatic rings. The van der Waals surface area contributed by atoms with Crippen LogP contribution in [0.5, 0.6) is 17.5 Å². The Labute approximate surface area is 163 Å². The molecule has 0 aliphatic carbocycles. The zero-order chi connectivity index (χ0) is 19.9. The van der Waals surface area contributed by atoms with E-state index in [0.29, 0.717) is 29.5 Å². The molecule has 7 nitrogen and oxygen atoms in total. The number of carbonyl (C=O) groups excluding carboxylic acids is 1. The molecule has 0 amide bonds. The molecule has 0 saturated heterocycles. The van der Waals surface area contributed by atoms with Crippen molar-refractivity contribution in [2.24, 2.45) is 0 Å². The first-order chi connectivity index (χ1) is 13.7. The second-order valence-electron chi connectivity index (χ2n) is 6.07. The third-order valence-corrected chi connectivity index (χ3v) is 4.19. The number of hydrogen-bond donors (Lipinski definition) is 0. The molecule has 1 heterocycles. The van der Waals surface area contributed by atoms with Gasteiger partial charge in [-0.1, -0.05) is 25.5 Å². The summed E-state index contributed by atoms with van der Waals surface area (Å²) in [7, 11) is 3.12. The molecule has 0 aliphatic heterocycles. The topological polar surface area (TPSA) is 75.5 Å². The lowest BCUT2D eigenvalue weighted by Crippen LogP contribution is -2.16. The summed E-state index contributed by atoms with van der Waals surface area (Å²) in [5.41, 5.74) is 1.12. The van der Waals surface area contributed by atoms with Gasteiger partial charge in [-0.15, -0.1) is 5.10 Å². The first kappa shape index (κ1) is 19.4. The fourth-order valence-corrected chi connectivity index (χ4v) is 2.67. The van der Waals surface area contributed by atoms with Crippen LogP contribution in [0.1, 0.15) is 30.1 Å². The Morgan fingerprint density at radius 1 is 1.04 bits per heavy atom. The van der Waals surface area contributed by atoms with Crippen LogP contribution >= 0.6 is 0 Å². The van der Waals surface area contributed by atoms with Gasteiger partial charge in [-0.2, -0.15) is 9.67 Å². The van der Waals surface area contributed by atoms with E-state index >= 15 is 0 Å². The van der Waals surface area contributed by atoms with Crippen molar-refractivity contribution in [2.75, 3.05) is 20.8 Å². The average molecular weight is 381 g/mol. The van der Waals surface area contributed by atoms with E-state index in [0.717, 1.165) is 18.4 Å². The van der Waals surface area contributed by atoms with Gasteiger partial charge in [0.25, 0.3) is 5.91 Å². The van der Waals surface area contributed by atoms with Crippen LogP contribution in [0.3, 0.4) is 0 Å². The van der Waals surface area contributed by atoms with Gasteiger partial charge in [0.05, 0.1) is 26.4 Å². The van der Waals surface area contributed by atoms with Crippen molar-refractivity contribution in [1.29, 1.82) is 0 Å². The molecule has 28 heavy (non-hydrogen) atoms. The predicted molar refractivity (Wildman–Crippen MR) is 105 cm³/mol. The lowest BCUT2D eigenvalue weighted by Gasteiger charge is -2.09. The lowest BCUT2D eigenvalue weighted by molar-refractivity contribution is 0.0941. The van der Waals surface area contributed by atoms with Gasteiger partial charge >= 0.3 is 6.01 Å². The summed E-state index contributed by atoms with van der Waals surface area (Å²) in [5, 5.41) is 4.30. The van der Waals surface area contributed by atoms with Gasteiger partial charge in [0.1, 0.15) is 11.5 Å². The predicted octanol–water partition coefficient (Wildman–Crippen LogP) is 3.83. The second kappa shape index (κ2) is 9.03. The van der Waals surface area contributed by atoms with Gasteiger partial charge in [0.15, 0.2) is 5.82 Å². The number of benzene rings is 2. The fourth-order valence-electron chi connectivity index (χ4n) is 2.67. The summed E-state index contributed by atoms with van der Waals surface area (Å²) in [4.78, 5) is 17.6. The highest BCUT2D eigenvalue weighted by atomic mass is 16.5. The van der Waals surface area contributed by atoms with Gasteiger partial charge in [-0.05, 0) is 42.8 Å². The van der Waals surface area contributed by atoms with Crippen LogP contribution in [0.25, 0.3) is 11.4 Å².